The molecule has 2 aromatic carbocycles. The highest BCUT2D eigenvalue weighted by Gasteiger charge is 2.27. The smallest absolute Gasteiger partial charge is 0.253 e. The molecule has 0 saturated carbocycles. The minimum absolute atomic E-state index is 0.0778. The molecule has 0 spiro atoms. The fraction of sp³-hybridized carbons (Fsp3) is 0.304. The van der Waals surface area contributed by atoms with E-state index in [1.165, 1.54) is 33.5 Å². The maximum atomic E-state index is 12.5. The Balaban J connectivity index is 1.55. The van der Waals surface area contributed by atoms with Crippen LogP contribution in [0.3, 0.4) is 0 Å². The fourth-order valence-electron chi connectivity index (χ4n) is 3.18. The highest BCUT2D eigenvalue weighted by molar-refractivity contribution is 7.89. The van der Waals surface area contributed by atoms with Crippen molar-refractivity contribution in [2.75, 3.05) is 33.7 Å². The van der Waals surface area contributed by atoms with Gasteiger partial charge in [0.05, 0.1) is 11.4 Å². The van der Waals surface area contributed by atoms with Crippen LogP contribution in [0.15, 0.2) is 53.4 Å². The Morgan fingerprint density at radius 3 is 2.13 bits per heavy atom. The fourth-order valence-corrected chi connectivity index (χ4v) is 4.70. The average Bonchev–Trinajstić information content (AvgIpc) is 3.32. The van der Waals surface area contributed by atoms with Gasteiger partial charge in [0.15, 0.2) is 0 Å². The average molecular weight is 440 g/mol. The van der Waals surface area contributed by atoms with Gasteiger partial charge in [-0.1, -0.05) is 11.8 Å². The van der Waals surface area contributed by atoms with Gasteiger partial charge in [0.25, 0.3) is 11.8 Å². The van der Waals surface area contributed by atoms with E-state index in [2.05, 4.69) is 17.2 Å². The van der Waals surface area contributed by atoms with Crippen molar-refractivity contribution in [3.8, 4) is 11.8 Å². The molecule has 1 heterocycles. The maximum absolute atomic E-state index is 12.5. The number of hydrogen-bond acceptors (Lipinski definition) is 4. The van der Waals surface area contributed by atoms with Crippen LogP contribution in [-0.2, 0) is 10.0 Å². The molecule has 1 N–H and O–H groups in total. The van der Waals surface area contributed by atoms with Crippen LogP contribution in [0.5, 0.6) is 0 Å². The molecule has 162 valence electrons. The molecule has 2 amide bonds. The van der Waals surface area contributed by atoms with Gasteiger partial charge in [0.1, 0.15) is 0 Å². The zero-order valence-corrected chi connectivity index (χ0v) is 18.4. The molecule has 0 aliphatic carbocycles. The Morgan fingerprint density at radius 1 is 0.968 bits per heavy atom. The van der Waals surface area contributed by atoms with E-state index in [0.717, 1.165) is 18.4 Å². The maximum Gasteiger partial charge on any atom is 0.253 e. The van der Waals surface area contributed by atoms with Crippen LogP contribution in [0.1, 0.15) is 39.1 Å². The van der Waals surface area contributed by atoms with E-state index in [4.69, 9.17) is 0 Å². The quantitative estimate of drug-likeness (QED) is 0.722. The predicted molar refractivity (Wildman–Crippen MR) is 118 cm³/mol. The molecule has 1 saturated heterocycles. The van der Waals surface area contributed by atoms with Crippen molar-refractivity contribution >= 4 is 21.8 Å². The lowest BCUT2D eigenvalue weighted by Crippen LogP contribution is -2.28. The summed E-state index contributed by atoms with van der Waals surface area (Å²) in [4.78, 5) is 25.9. The van der Waals surface area contributed by atoms with Gasteiger partial charge in [-0.3, -0.25) is 9.59 Å². The van der Waals surface area contributed by atoms with Crippen molar-refractivity contribution in [3.63, 3.8) is 0 Å². The minimum Gasteiger partial charge on any atom is -0.345 e. The highest BCUT2D eigenvalue weighted by Crippen LogP contribution is 2.21. The molecule has 1 aliphatic rings. The summed E-state index contributed by atoms with van der Waals surface area (Å²) < 4.78 is 26.6. The van der Waals surface area contributed by atoms with Crippen LogP contribution < -0.4 is 5.32 Å². The number of nitrogens with one attached hydrogen (secondary N) is 1. The molecule has 2 aromatic rings. The Morgan fingerprint density at radius 2 is 1.55 bits per heavy atom. The Labute approximate surface area is 183 Å². The number of carbonyl (C=O) groups is 2. The van der Waals surface area contributed by atoms with Crippen molar-refractivity contribution in [2.24, 2.45) is 0 Å². The number of benzene rings is 2. The second-order valence-electron chi connectivity index (χ2n) is 7.40. The second kappa shape index (κ2) is 9.77. The molecule has 0 atom stereocenters. The van der Waals surface area contributed by atoms with E-state index in [-0.39, 0.29) is 23.3 Å². The van der Waals surface area contributed by atoms with Gasteiger partial charge < -0.3 is 10.2 Å². The molecule has 1 aliphatic heterocycles. The molecule has 0 radical (unpaired) electrons. The summed E-state index contributed by atoms with van der Waals surface area (Å²) in [5.41, 5.74) is 1.69. The zero-order chi connectivity index (χ0) is 22.4. The summed E-state index contributed by atoms with van der Waals surface area (Å²) >= 11 is 0. The van der Waals surface area contributed by atoms with E-state index in [0.29, 0.717) is 24.2 Å². The van der Waals surface area contributed by atoms with Gasteiger partial charge in [0, 0.05) is 43.9 Å². The standard InChI is InChI=1S/C23H25N3O4S/c1-25(2)23(28)20-9-7-18(8-10-20)6-5-15-24-22(27)19-11-13-21(14-12-19)31(29,30)26-16-3-4-17-26/h7-14H,3-4,15-17H2,1-2H3,(H,24,27). The van der Waals surface area contributed by atoms with Crippen molar-refractivity contribution in [1.82, 2.24) is 14.5 Å². The third-order valence-corrected chi connectivity index (χ3v) is 6.84. The summed E-state index contributed by atoms with van der Waals surface area (Å²) in [6.07, 6.45) is 1.75. The Kier molecular flexibility index (Phi) is 7.10. The topological polar surface area (TPSA) is 86.8 Å². The summed E-state index contributed by atoms with van der Waals surface area (Å²) in [7, 11) is -0.104. The Bertz CT molecular complexity index is 1110. The van der Waals surface area contributed by atoms with Gasteiger partial charge in [-0.15, -0.1) is 0 Å². The van der Waals surface area contributed by atoms with Crippen LogP contribution in [0, 0.1) is 11.8 Å². The first-order valence-corrected chi connectivity index (χ1v) is 11.4. The molecule has 0 aromatic heterocycles. The first-order chi connectivity index (χ1) is 14.8. The summed E-state index contributed by atoms with van der Waals surface area (Å²) in [6.45, 7) is 1.22. The predicted octanol–water partition coefficient (Wildman–Crippen LogP) is 1.95. The first kappa shape index (κ1) is 22.5. The van der Waals surface area contributed by atoms with Gasteiger partial charge in [0.2, 0.25) is 10.0 Å². The highest BCUT2D eigenvalue weighted by atomic mass is 32.2. The monoisotopic (exact) mass is 439 g/mol. The van der Waals surface area contributed by atoms with Crippen LogP contribution in [0.2, 0.25) is 0 Å². The number of hydrogen-bond donors (Lipinski definition) is 1. The Hall–Kier alpha value is -3.15. The SMILES string of the molecule is CN(C)C(=O)c1ccc(C#CCNC(=O)c2ccc(S(=O)(=O)N3CCCC3)cc2)cc1. The van der Waals surface area contributed by atoms with E-state index < -0.39 is 10.0 Å². The number of amides is 2. The van der Waals surface area contributed by atoms with Crippen LogP contribution in [-0.4, -0.2) is 63.2 Å². The van der Waals surface area contributed by atoms with Crippen molar-refractivity contribution in [1.29, 1.82) is 0 Å². The lowest BCUT2D eigenvalue weighted by molar-refractivity contribution is 0.0827. The summed E-state index contributed by atoms with van der Waals surface area (Å²) in [6, 6.07) is 12.9. The van der Waals surface area contributed by atoms with Crippen molar-refractivity contribution in [3.05, 3.63) is 65.2 Å². The molecular formula is C23H25N3O4S. The number of sulfonamides is 1. The second-order valence-corrected chi connectivity index (χ2v) is 9.33. The number of rotatable bonds is 5. The number of nitrogens with zero attached hydrogens (tertiary/aromatic N) is 2. The van der Waals surface area contributed by atoms with Gasteiger partial charge >= 0.3 is 0 Å². The van der Waals surface area contributed by atoms with Crippen molar-refractivity contribution in [2.45, 2.75) is 17.7 Å². The summed E-state index contributed by atoms with van der Waals surface area (Å²) in [5, 5.41) is 2.69. The molecular weight excluding hydrogens is 414 g/mol. The van der Waals surface area contributed by atoms with E-state index in [1.807, 2.05) is 0 Å². The minimum atomic E-state index is -3.49. The number of carbonyl (C=O) groups excluding carboxylic acids is 2. The molecule has 7 nitrogen and oxygen atoms in total. The molecule has 1 fully saturated rings. The zero-order valence-electron chi connectivity index (χ0n) is 17.6. The van der Waals surface area contributed by atoms with E-state index >= 15 is 0 Å². The van der Waals surface area contributed by atoms with Gasteiger partial charge in [-0.25, -0.2) is 8.42 Å². The van der Waals surface area contributed by atoms with Gasteiger partial charge in [-0.05, 0) is 61.4 Å². The lowest BCUT2D eigenvalue weighted by atomic mass is 10.1. The van der Waals surface area contributed by atoms with E-state index in [1.54, 1.807) is 38.4 Å². The summed E-state index contributed by atoms with van der Waals surface area (Å²) in [5.74, 6) is 5.39. The van der Waals surface area contributed by atoms with Crippen LogP contribution in [0.4, 0.5) is 0 Å². The normalized spacial score (nSPS) is 13.9. The molecule has 3 rings (SSSR count). The van der Waals surface area contributed by atoms with Crippen LogP contribution >= 0.6 is 0 Å². The lowest BCUT2D eigenvalue weighted by Gasteiger charge is -2.15. The molecule has 31 heavy (non-hydrogen) atoms. The third-order valence-electron chi connectivity index (χ3n) is 4.93. The molecule has 0 unspecified atom stereocenters. The van der Waals surface area contributed by atoms with Crippen LogP contribution in [0.25, 0.3) is 0 Å². The molecule has 0 bridgehead atoms. The third kappa shape index (κ3) is 5.51. The van der Waals surface area contributed by atoms with Crippen molar-refractivity contribution < 1.29 is 18.0 Å². The first-order valence-electron chi connectivity index (χ1n) is 9.98. The van der Waals surface area contributed by atoms with E-state index in [9.17, 15) is 18.0 Å². The molecule has 8 heteroatoms. The van der Waals surface area contributed by atoms with Gasteiger partial charge in [-0.2, -0.15) is 4.31 Å². The largest absolute Gasteiger partial charge is 0.345 e.